The summed E-state index contributed by atoms with van der Waals surface area (Å²) in [4.78, 5) is 41.2. The van der Waals surface area contributed by atoms with Gasteiger partial charge in [-0.25, -0.2) is 9.97 Å². The lowest BCUT2D eigenvalue weighted by molar-refractivity contribution is -0.152. The second-order valence-corrected chi connectivity index (χ2v) is 7.07. The lowest BCUT2D eigenvalue weighted by atomic mass is 10.1. The number of benzene rings is 1. The van der Waals surface area contributed by atoms with Crippen LogP contribution in [0.5, 0.6) is 0 Å². The number of fused-ring (bicyclic) bond motifs is 1. The van der Waals surface area contributed by atoms with Crippen molar-refractivity contribution in [3.63, 3.8) is 0 Å². The van der Waals surface area contributed by atoms with Crippen molar-refractivity contribution in [2.75, 3.05) is 37.7 Å². The highest BCUT2D eigenvalue weighted by atomic mass is 16.5. The van der Waals surface area contributed by atoms with Crippen LogP contribution in [0.2, 0.25) is 0 Å². The average molecular weight is 405 g/mol. The molecule has 3 heterocycles. The molecular formula is C22H23N5O3. The Morgan fingerprint density at radius 2 is 1.70 bits per heavy atom. The number of aromatic nitrogens is 3. The lowest BCUT2D eigenvalue weighted by Crippen LogP contribution is -2.50. The molecule has 3 aromatic rings. The maximum atomic E-state index is 12.4. The van der Waals surface area contributed by atoms with E-state index in [1.807, 2.05) is 41.3 Å². The summed E-state index contributed by atoms with van der Waals surface area (Å²) in [5, 5.41) is 1.06. The molecule has 0 aliphatic carbocycles. The fourth-order valence-electron chi connectivity index (χ4n) is 3.39. The number of esters is 1. The van der Waals surface area contributed by atoms with Gasteiger partial charge in [0.05, 0.1) is 11.9 Å². The maximum Gasteiger partial charge on any atom is 0.306 e. The van der Waals surface area contributed by atoms with Gasteiger partial charge in [-0.15, -0.1) is 0 Å². The van der Waals surface area contributed by atoms with E-state index >= 15 is 0 Å². The van der Waals surface area contributed by atoms with Crippen LogP contribution in [0.3, 0.4) is 0 Å². The van der Waals surface area contributed by atoms with Crippen LogP contribution in [-0.4, -0.2) is 64.5 Å². The topological polar surface area (TPSA) is 88.5 Å². The Morgan fingerprint density at radius 3 is 2.50 bits per heavy atom. The second-order valence-electron chi connectivity index (χ2n) is 7.07. The first-order valence-corrected chi connectivity index (χ1v) is 9.99. The molecule has 0 radical (unpaired) electrons. The second kappa shape index (κ2) is 9.30. The third-order valence-electron chi connectivity index (χ3n) is 5.07. The molecule has 0 bridgehead atoms. The summed E-state index contributed by atoms with van der Waals surface area (Å²) >= 11 is 0. The highest BCUT2D eigenvalue weighted by molar-refractivity contribution is 5.81. The van der Waals surface area contributed by atoms with Crippen molar-refractivity contribution in [3.8, 4) is 0 Å². The van der Waals surface area contributed by atoms with Crippen LogP contribution in [0.25, 0.3) is 10.9 Å². The normalized spacial score (nSPS) is 14.0. The predicted octanol–water partition coefficient (Wildman–Crippen LogP) is 1.85. The van der Waals surface area contributed by atoms with E-state index in [0.29, 0.717) is 38.5 Å². The Labute approximate surface area is 174 Å². The summed E-state index contributed by atoms with van der Waals surface area (Å²) in [5.74, 6) is 0.0915. The Balaban J connectivity index is 1.19. The average Bonchev–Trinajstić information content (AvgIpc) is 2.81. The Hall–Kier alpha value is -3.55. The van der Waals surface area contributed by atoms with Gasteiger partial charge in [0.15, 0.2) is 6.61 Å². The van der Waals surface area contributed by atoms with E-state index in [2.05, 4.69) is 15.0 Å². The first kappa shape index (κ1) is 19.8. The Kier molecular flexibility index (Phi) is 6.12. The molecular weight excluding hydrogens is 382 g/mol. The number of anilines is 1. The number of ether oxygens (including phenoxy) is 1. The molecule has 1 fully saturated rings. The van der Waals surface area contributed by atoms with E-state index in [9.17, 15) is 9.59 Å². The Morgan fingerprint density at radius 1 is 0.933 bits per heavy atom. The first-order valence-electron chi connectivity index (χ1n) is 9.99. The standard InChI is InChI=1S/C22H23N5O3/c28-20(26-12-14-27(15-13-26)22-23-10-3-11-24-22)16-30-21(29)9-8-18-7-6-17-4-1-2-5-19(17)25-18/h1-7,10-11H,8-9,12-16H2. The van der Waals surface area contributed by atoms with Crippen LogP contribution >= 0.6 is 0 Å². The number of aryl methyl sites for hydroxylation is 1. The van der Waals surface area contributed by atoms with E-state index < -0.39 is 5.97 Å². The van der Waals surface area contributed by atoms with Crippen LogP contribution in [0.4, 0.5) is 5.95 Å². The molecule has 0 saturated carbocycles. The number of carbonyl (C=O) groups is 2. The molecule has 0 spiro atoms. The summed E-state index contributed by atoms with van der Waals surface area (Å²) in [6, 6.07) is 13.5. The van der Waals surface area contributed by atoms with Gasteiger partial charge >= 0.3 is 5.97 Å². The molecule has 1 aliphatic rings. The molecule has 1 aromatic carbocycles. The van der Waals surface area contributed by atoms with Crippen molar-refractivity contribution in [1.82, 2.24) is 19.9 Å². The van der Waals surface area contributed by atoms with Crippen molar-refractivity contribution in [1.29, 1.82) is 0 Å². The van der Waals surface area contributed by atoms with Gasteiger partial charge < -0.3 is 14.5 Å². The minimum absolute atomic E-state index is 0.180. The third kappa shape index (κ3) is 4.89. The number of pyridine rings is 1. The highest BCUT2D eigenvalue weighted by Crippen LogP contribution is 2.13. The number of hydrogen-bond donors (Lipinski definition) is 0. The molecule has 0 atom stereocenters. The monoisotopic (exact) mass is 405 g/mol. The van der Waals surface area contributed by atoms with E-state index in [4.69, 9.17) is 4.74 Å². The minimum atomic E-state index is -0.394. The fourth-order valence-corrected chi connectivity index (χ4v) is 3.39. The van der Waals surface area contributed by atoms with Crippen LogP contribution in [0.15, 0.2) is 54.9 Å². The first-order chi connectivity index (χ1) is 14.7. The molecule has 1 amide bonds. The van der Waals surface area contributed by atoms with Gasteiger partial charge in [0.25, 0.3) is 5.91 Å². The smallest absolute Gasteiger partial charge is 0.306 e. The van der Waals surface area contributed by atoms with Crippen molar-refractivity contribution in [2.45, 2.75) is 12.8 Å². The minimum Gasteiger partial charge on any atom is -0.456 e. The maximum absolute atomic E-state index is 12.4. The van der Waals surface area contributed by atoms with E-state index in [-0.39, 0.29) is 18.9 Å². The molecule has 8 heteroatoms. The number of rotatable bonds is 6. The number of nitrogens with zero attached hydrogens (tertiary/aromatic N) is 5. The summed E-state index contributed by atoms with van der Waals surface area (Å²) in [5.41, 5.74) is 1.73. The van der Waals surface area contributed by atoms with Crippen LogP contribution < -0.4 is 4.90 Å². The predicted molar refractivity (Wildman–Crippen MR) is 112 cm³/mol. The van der Waals surface area contributed by atoms with Crippen LogP contribution in [0, 0.1) is 0 Å². The fraction of sp³-hybridized carbons (Fsp3) is 0.318. The summed E-state index contributed by atoms with van der Waals surface area (Å²) in [7, 11) is 0. The zero-order valence-corrected chi connectivity index (χ0v) is 16.6. The summed E-state index contributed by atoms with van der Waals surface area (Å²) in [6.45, 7) is 2.17. The number of amides is 1. The van der Waals surface area contributed by atoms with Crippen molar-refractivity contribution >= 4 is 28.7 Å². The van der Waals surface area contributed by atoms with E-state index in [1.165, 1.54) is 0 Å². The van der Waals surface area contributed by atoms with Gasteiger partial charge in [-0.3, -0.25) is 14.6 Å². The van der Waals surface area contributed by atoms with Gasteiger partial charge in [0.1, 0.15) is 0 Å². The zero-order valence-electron chi connectivity index (χ0n) is 16.6. The van der Waals surface area contributed by atoms with E-state index in [0.717, 1.165) is 16.6 Å². The summed E-state index contributed by atoms with van der Waals surface area (Å²) < 4.78 is 5.18. The Bertz CT molecular complexity index is 1020. The number of piperazine rings is 1. The van der Waals surface area contributed by atoms with Gasteiger partial charge in [-0.2, -0.15) is 0 Å². The van der Waals surface area contributed by atoms with Gasteiger partial charge in [-0.05, 0) is 18.2 Å². The zero-order chi connectivity index (χ0) is 20.8. The van der Waals surface area contributed by atoms with E-state index in [1.54, 1.807) is 23.4 Å². The summed E-state index contributed by atoms with van der Waals surface area (Å²) in [6.07, 6.45) is 4.07. The molecule has 4 rings (SSSR count). The van der Waals surface area contributed by atoms with Crippen LogP contribution in [0.1, 0.15) is 12.1 Å². The molecule has 0 unspecified atom stereocenters. The van der Waals surface area contributed by atoms with Gasteiger partial charge in [0, 0.05) is 56.1 Å². The largest absolute Gasteiger partial charge is 0.456 e. The van der Waals surface area contributed by atoms with Crippen molar-refractivity contribution in [2.24, 2.45) is 0 Å². The SMILES string of the molecule is O=C(CCc1ccc2ccccc2n1)OCC(=O)N1CCN(c2ncccn2)CC1. The molecule has 8 nitrogen and oxygen atoms in total. The number of para-hydroxylation sites is 1. The number of hydrogen-bond acceptors (Lipinski definition) is 7. The molecule has 2 aromatic heterocycles. The van der Waals surface area contributed by atoms with Gasteiger partial charge in [-0.1, -0.05) is 24.3 Å². The van der Waals surface area contributed by atoms with Crippen molar-refractivity contribution in [3.05, 3.63) is 60.6 Å². The molecule has 30 heavy (non-hydrogen) atoms. The molecule has 1 aliphatic heterocycles. The molecule has 154 valence electrons. The highest BCUT2D eigenvalue weighted by Gasteiger charge is 2.23. The lowest BCUT2D eigenvalue weighted by Gasteiger charge is -2.34. The van der Waals surface area contributed by atoms with Crippen LogP contribution in [-0.2, 0) is 20.7 Å². The third-order valence-corrected chi connectivity index (χ3v) is 5.07. The van der Waals surface area contributed by atoms with Crippen molar-refractivity contribution < 1.29 is 14.3 Å². The number of carbonyl (C=O) groups excluding carboxylic acids is 2. The quantitative estimate of drug-likeness (QED) is 0.578. The molecule has 1 saturated heterocycles. The van der Waals surface area contributed by atoms with Gasteiger partial charge in [0.2, 0.25) is 5.95 Å². The molecule has 0 N–H and O–H groups in total.